The maximum absolute atomic E-state index is 11.9. The van der Waals surface area contributed by atoms with Crippen LogP contribution in [0.15, 0.2) is 29.3 Å². The third kappa shape index (κ3) is 2.57. The Balaban J connectivity index is 1.39. The van der Waals surface area contributed by atoms with Gasteiger partial charge in [-0.1, -0.05) is 0 Å². The highest BCUT2D eigenvalue weighted by Crippen LogP contribution is 2.39. The van der Waals surface area contributed by atoms with E-state index in [1.54, 1.807) is 12.4 Å². The van der Waals surface area contributed by atoms with E-state index in [-0.39, 0.29) is 5.56 Å². The van der Waals surface area contributed by atoms with E-state index in [0.29, 0.717) is 17.7 Å². The highest BCUT2D eigenvalue weighted by molar-refractivity contribution is 5.39. The number of H-pyrrole nitrogens is 1. The molecule has 2 aliphatic rings. The number of anilines is 1. The fraction of sp³-hybridized carbons (Fsp3) is 0.471. The topological polar surface area (TPSA) is 92.1 Å². The van der Waals surface area contributed by atoms with E-state index in [9.17, 15) is 4.79 Å². The smallest absolute Gasteiger partial charge is 0.290 e. The second-order valence-corrected chi connectivity index (χ2v) is 6.86. The molecular weight excluding hydrogens is 318 g/mol. The molecule has 128 valence electrons. The second-order valence-electron chi connectivity index (χ2n) is 6.86. The van der Waals surface area contributed by atoms with E-state index >= 15 is 0 Å². The predicted octanol–water partition coefficient (Wildman–Crippen LogP) is 1.47. The minimum atomic E-state index is -0.135. The zero-order chi connectivity index (χ0) is 16.8. The molecule has 2 fully saturated rings. The van der Waals surface area contributed by atoms with Gasteiger partial charge in [0.2, 0.25) is 0 Å². The summed E-state index contributed by atoms with van der Waals surface area (Å²) in [5, 5.41) is 13.5. The van der Waals surface area contributed by atoms with Crippen molar-refractivity contribution in [2.75, 3.05) is 18.0 Å². The molecule has 1 aliphatic carbocycles. The first kappa shape index (κ1) is 14.6. The molecule has 8 heteroatoms. The molecule has 0 spiro atoms. The number of fused-ring (bicyclic) bond motifs is 1. The predicted molar refractivity (Wildman–Crippen MR) is 91.8 cm³/mol. The standard InChI is InChI=1S/C17H19N7O/c25-17-16(18-7-8-19-17)23-9-5-12(6-10-23)15-21-20-14-4-3-13(11-1-2-11)22-24(14)15/h3-4,7-8,11-12H,1-2,5-6,9-10H2,(H,19,25). The maximum atomic E-state index is 11.9. The first-order valence-corrected chi connectivity index (χ1v) is 8.80. The first-order valence-electron chi connectivity index (χ1n) is 8.80. The van der Waals surface area contributed by atoms with Crippen LogP contribution in [0.4, 0.5) is 5.82 Å². The lowest BCUT2D eigenvalue weighted by molar-refractivity contribution is 0.473. The fourth-order valence-electron chi connectivity index (χ4n) is 3.59. The lowest BCUT2D eigenvalue weighted by atomic mass is 9.96. The molecule has 1 aliphatic heterocycles. The van der Waals surface area contributed by atoms with Gasteiger partial charge in [-0.15, -0.1) is 10.2 Å². The third-order valence-corrected chi connectivity index (χ3v) is 5.15. The van der Waals surface area contributed by atoms with Gasteiger partial charge in [-0.2, -0.15) is 9.61 Å². The average Bonchev–Trinajstić information content (AvgIpc) is 3.42. The van der Waals surface area contributed by atoms with Gasteiger partial charge in [-0.25, -0.2) is 4.98 Å². The largest absolute Gasteiger partial charge is 0.352 e. The van der Waals surface area contributed by atoms with Gasteiger partial charge in [0, 0.05) is 37.3 Å². The summed E-state index contributed by atoms with van der Waals surface area (Å²) in [6.45, 7) is 1.56. The van der Waals surface area contributed by atoms with Crippen molar-refractivity contribution in [3.63, 3.8) is 0 Å². The summed E-state index contributed by atoms with van der Waals surface area (Å²) in [4.78, 5) is 20.9. The normalized spacial score (nSPS) is 18.8. The molecule has 1 saturated carbocycles. The Kier molecular flexibility index (Phi) is 3.29. The van der Waals surface area contributed by atoms with E-state index in [1.807, 2.05) is 15.5 Å². The van der Waals surface area contributed by atoms with Crippen LogP contribution in [-0.4, -0.2) is 42.9 Å². The Bertz CT molecular complexity index is 966. The van der Waals surface area contributed by atoms with Crippen LogP contribution < -0.4 is 10.5 Å². The van der Waals surface area contributed by atoms with Crippen LogP contribution in [0.25, 0.3) is 5.65 Å². The lowest BCUT2D eigenvalue weighted by Gasteiger charge is -2.31. The second kappa shape index (κ2) is 5.65. The molecule has 4 heterocycles. The van der Waals surface area contributed by atoms with Gasteiger partial charge in [0.05, 0.1) is 5.69 Å². The average molecular weight is 337 g/mol. The minimum Gasteiger partial charge on any atom is -0.352 e. The summed E-state index contributed by atoms with van der Waals surface area (Å²) in [7, 11) is 0. The quantitative estimate of drug-likeness (QED) is 0.778. The first-order chi connectivity index (χ1) is 12.3. The van der Waals surface area contributed by atoms with Crippen molar-refractivity contribution in [1.29, 1.82) is 0 Å². The molecule has 8 nitrogen and oxygen atoms in total. The van der Waals surface area contributed by atoms with Crippen molar-refractivity contribution in [1.82, 2.24) is 29.8 Å². The summed E-state index contributed by atoms with van der Waals surface area (Å²) in [5.41, 5.74) is 1.82. The van der Waals surface area contributed by atoms with E-state index < -0.39 is 0 Å². The fourth-order valence-corrected chi connectivity index (χ4v) is 3.59. The molecule has 0 aromatic carbocycles. The van der Waals surface area contributed by atoms with Gasteiger partial charge in [0.15, 0.2) is 17.3 Å². The highest BCUT2D eigenvalue weighted by Gasteiger charge is 2.29. The van der Waals surface area contributed by atoms with Crippen LogP contribution >= 0.6 is 0 Å². The molecule has 1 saturated heterocycles. The number of hydrogen-bond donors (Lipinski definition) is 1. The van der Waals surface area contributed by atoms with Crippen molar-refractivity contribution in [3.8, 4) is 0 Å². The number of piperidine rings is 1. The summed E-state index contributed by atoms with van der Waals surface area (Å²) < 4.78 is 1.92. The minimum absolute atomic E-state index is 0.135. The molecule has 0 radical (unpaired) electrons. The highest BCUT2D eigenvalue weighted by atomic mass is 16.1. The molecule has 25 heavy (non-hydrogen) atoms. The van der Waals surface area contributed by atoms with Crippen LogP contribution in [-0.2, 0) is 0 Å². The molecular formula is C17H19N7O. The molecule has 3 aromatic rings. The molecule has 1 N–H and O–H groups in total. The van der Waals surface area contributed by atoms with E-state index in [1.165, 1.54) is 12.8 Å². The van der Waals surface area contributed by atoms with E-state index in [4.69, 9.17) is 5.10 Å². The molecule has 0 bridgehead atoms. The Labute approximate surface area is 143 Å². The Hall–Kier alpha value is -2.77. The van der Waals surface area contributed by atoms with Crippen molar-refractivity contribution in [3.05, 3.63) is 46.4 Å². The zero-order valence-electron chi connectivity index (χ0n) is 13.8. The molecule has 0 unspecified atom stereocenters. The molecule has 3 aromatic heterocycles. The molecule has 0 atom stereocenters. The Morgan fingerprint density at radius 2 is 1.88 bits per heavy atom. The number of nitrogens with zero attached hydrogens (tertiary/aromatic N) is 6. The summed E-state index contributed by atoms with van der Waals surface area (Å²) in [5.74, 6) is 2.35. The van der Waals surface area contributed by atoms with Gasteiger partial charge < -0.3 is 9.88 Å². The number of nitrogens with one attached hydrogen (secondary N) is 1. The summed E-state index contributed by atoms with van der Waals surface area (Å²) in [6.07, 6.45) is 7.46. The van der Waals surface area contributed by atoms with Gasteiger partial charge in [-0.05, 0) is 37.8 Å². The number of aromatic nitrogens is 6. The number of aromatic amines is 1. The van der Waals surface area contributed by atoms with Crippen LogP contribution in [0, 0.1) is 0 Å². The monoisotopic (exact) mass is 337 g/mol. The SMILES string of the molecule is O=c1[nH]ccnc1N1CCC(c2nnc3ccc(C4CC4)nn23)CC1. The van der Waals surface area contributed by atoms with Crippen molar-refractivity contribution in [2.24, 2.45) is 0 Å². The molecule has 5 rings (SSSR count). The van der Waals surface area contributed by atoms with E-state index in [0.717, 1.165) is 43.1 Å². The van der Waals surface area contributed by atoms with Gasteiger partial charge in [0.25, 0.3) is 5.56 Å². The van der Waals surface area contributed by atoms with Crippen molar-refractivity contribution in [2.45, 2.75) is 37.5 Å². The number of hydrogen-bond acceptors (Lipinski definition) is 6. The van der Waals surface area contributed by atoms with Crippen molar-refractivity contribution >= 4 is 11.5 Å². The van der Waals surface area contributed by atoms with Gasteiger partial charge in [-0.3, -0.25) is 4.79 Å². The van der Waals surface area contributed by atoms with Crippen molar-refractivity contribution < 1.29 is 0 Å². The Morgan fingerprint density at radius 1 is 1.04 bits per heavy atom. The zero-order valence-corrected chi connectivity index (χ0v) is 13.8. The van der Waals surface area contributed by atoms with Gasteiger partial charge >= 0.3 is 0 Å². The third-order valence-electron chi connectivity index (χ3n) is 5.15. The molecule has 0 amide bonds. The van der Waals surface area contributed by atoms with Crippen LogP contribution in [0.5, 0.6) is 0 Å². The number of rotatable bonds is 3. The van der Waals surface area contributed by atoms with Gasteiger partial charge in [0.1, 0.15) is 0 Å². The van der Waals surface area contributed by atoms with Crippen LogP contribution in [0.3, 0.4) is 0 Å². The lowest BCUT2D eigenvalue weighted by Crippen LogP contribution is -2.37. The Morgan fingerprint density at radius 3 is 2.64 bits per heavy atom. The van der Waals surface area contributed by atoms with Crippen LogP contribution in [0.1, 0.15) is 49.0 Å². The maximum Gasteiger partial charge on any atom is 0.290 e. The van der Waals surface area contributed by atoms with E-state index in [2.05, 4.69) is 26.2 Å². The summed E-state index contributed by atoms with van der Waals surface area (Å²) in [6, 6.07) is 4.08. The summed E-state index contributed by atoms with van der Waals surface area (Å²) >= 11 is 0. The van der Waals surface area contributed by atoms with Crippen LogP contribution in [0.2, 0.25) is 0 Å².